The van der Waals surface area contributed by atoms with E-state index in [4.69, 9.17) is 28.9 Å². The number of halogens is 2. The van der Waals surface area contributed by atoms with E-state index >= 15 is 0 Å². The highest BCUT2D eigenvalue weighted by Crippen LogP contribution is 2.45. The molecule has 1 aromatic rings. The Kier molecular flexibility index (Phi) is 2.03. The lowest BCUT2D eigenvalue weighted by atomic mass is 10.1. The van der Waals surface area contributed by atoms with E-state index in [0.717, 1.165) is 22.0 Å². The average Bonchev–Trinajstić information content (AvgIpc) is 2.67. The third kappa shape index (κ3) is 1.33. The van der Waals surface area contributed by atoms with E-state index in [1.54, 1.807) is 0 Å². The number of hydrogen-bond donors (Lipinski definition) is 1. The van der Waals surface area contributed by atoms with Gasteiger partial charge in [0.05, 0.1) is 0 Å². The molecule has 1 aliphatic carbocycles. The molecule has 0 saturated heterocycles. The fourth-order valence-corrected chi connectivity index (χ4v) is 2.09. The molecule has 1 fully saturated rings. The van der Waals surface area contributed by atoms with Crippen LogP contribution in [-0.2, 0) is 0 Å². The van der Waals surface area contributed by atoms with Crippen molar-refractivity contribution in [1.29, 1.82) is 0 Å². The minimum atomic E-state index is 0.252. The van der Waals surface area contributed by atoms with Crippen molar-refractivity contribution in [3.63, 3.8) is 0 Å². The lowest BCUT2D eigenvalue weighted by Gasteiger charge is -2.04. The first kappa shape index (κ1) is 8.36. The van der Waals surface area contributed by atoms with Gasteiger partial charge in [0.15, 0.2) is 0 Å². The molecular weight excluding hydrogens is 193 g/mol. The zero-order valence-corrected chi connectivity index (χ0v) is 7.94. The maximum atomic E-state index is 5.99. The number of rotatable bonds is 1. The Morgan fingerprint density at radius 3 is 2.17 bits per heavy atom. The van der Waals surface area contributed by atoms with Gasteiger partial charge < -0.3 is 5.73 Å². The Morgan fingerprint density at radius 1 is 1.25 bits per heavy atom. The maximum Gasteiger partial charge on any atom is 0.0456 e. The molecule has 2 N–H and O–H groups in total. The highest BCUT2D eigenvalue weighted by Gasteiger charge is 2.37. The Bertz CT molecular complexity index is 291. The van der Waals surface area contributed by atoms with Gasteiger partial charge in [0.1, 0.15) is 0 Å². The first-order valence-corrected chi connectivity index (χ1v) is 4.65. The van der Waals surface area contributed by atoms with Crippen molar-refractivity contribution in [2.24, 2.45) is 5.73 Å². The van der Waals surface area contributed by atoms with Gasteiger partial charge in [-0.1, -0.05) is 29.3 Å². The van der Waals surface area contributed by atoms with Crippen LogP contribution in [0.4, 0.5) is 0 Å². The van der Waals surface area contributed by atoms with Crippen molar-refractivity contribution < 1.29 is 0 Å². The summed E-state index contributed by atoms with van der Waals surface area (Å²) < 4.78 is 0. The molecule has 0 bridgehead atoms. The summed E-state index contributed by atoms with van der Waals surface area (Å²) in [4.78, 5) is 0. The molecule has 3 heteroatoms. The van der Waals surface area contributed by atoms with Gasteiger partial charge >= 0.3 is 0 Å². The molecule has 0 aromatic heterocycles. The molecule has 1 aliphatic rings. The largest absolute Gasteiger partial charge is 0.327 e. The SMILES string of the molecule is N[C@@H]1C[C@H]1c1c(Cl)cccc1Cl. The summed E-state index contributed by atoms with van der Waals surface area (Å²) in [7, 11) is 0. The van der Waals surface area contributed by atoms with Crippen LogP contribution in [0.15, 0.2) is 18.2 Å². The Balaban J connectivity index is 2.41. The Hall–Kier alpha value is -0.240. The topological polar surface area (TPSA) is 26.0 Å². The molecular formula is C9H9Cl2N. The van der Waals surface area contributed by atoms with Gasteiger partial charge in [0.2, 0.25) is 0 Å². The average molecular weight is 202 g/mol. The summed E-state index contributed by atoms with van der Waals surface area (Å²) in [5.74, 6) is 0.381. The fourth-order valence-electron chi connectivity index (χ4n) is 1.41. The molecule has 0 radical (unpaired) electrons. The van der Waals surface area contributed by atoms with Gasteiger partial charge in [-0.15, -0.1) is 0 Å². The maximum absolute atomic E-state index is 5.99. The Morgan fingerprint density at radius 2 is 1.75 bits per heavy atom. The first-order valence-electron chi connectivity index (χ1n) is 3.89. The molecule has 1 saturated carbocycles. The standard InChI is InChI=1S/C9H9Cl2N/c10-6-2-1-3-7(11)9(6)5-4-8(5)12/h1-3,5,8H,4,12H2/t5-,8-/m1/s1. The van der Waals surface area contributed by atoms with Crippen LogP contribution in [0.5, 0.6) is 0 Å². The zero-order valence-electron chi connectivity index (χ0n) is 6.43. The smallest absolute Gasteiger partial charge is 0.0456 e. The van der Waals surface area contributed by atoms with Crippen molar-refractivity contribution in [1.82, 2.24) is 0 Å². The molecule has 1 aromatic carbocycles. The predicted octanol–water partition coefficient (Wildman–Crippen LogP) is 2.81. The van der Waals surface area contributed by atoms with Crippen LogP contribution in [0.25, 0.3) is 0 Å². The first-order chi connectivity index (χ1) is 5.70. The van der Waals surface area contributed by atoms with Crippen molar-refractivity contribution in [3.8, 4) is 0 Å². The quantitative estimate of drug-likeness (QED) is 0.744. The van der Waals surface area contributed by atoms with Crippen molar-refractivity contribution in [2.45, 2.75) is 18.4 Å². The molecule has 0 unspecified atom stereocenters. The summed E-state index contributed by atoms with van der Waals surface area (Å²) in [6, 6.07) is 5.81. The van der Waals surface area contributed by atoms with Gasteiger partial charge in [0, 0.05) is 22.0 Å². The van der Waals surface area contributed by atoms with E-state index in [1.807, 2.05) is 18.2 Å². The van der Waals surface area contributed by atoms with Crippen LogP contribution in [0, 0.1) is 0 Å². The normalized spacial score (nSPS) is 27.2. The van der Waals surface area contributed by atoms with Gasteiger partial charge in [-0.3, -0.25) is 0 Å². The Labute approximate surface area is 81.5 Å². The molecule has 0 heterocycles. The van der Waals surface area contributed by atoms with Crippen molar-refractivity contribution in [3.05, 3.63) is 33.8 Å². The third-order valence-electron chi connectivity index (χ3n) is 2.21. The molecule has 2 atom stereocenters. The van der Waals surface area contributed by atoms with E-state index in [-0.39, 0.29) is 6.04 Å². The summed E-state index contributed by atoms with van der Waals surface area (Å²) in [5, 5.41) is 1.47. The molecule has 0 spiro atoms. The molecule has 2 rings (SSSR count). The second-order valence-electron chi connectivity index (χ2n) is 3.14. The molecule has 0 aliphatic heterocycles. The monoisotopic (exact) mass is 201 g/mol. The van der Waals surface area contributed by atoms with Gasteiger partial charge in [-0.05, 0) is 24.1 Å². The van der Waals surface area contributed by atoms with E-state index in [9.17, 15) is 0 Å². The number of benzene rings is 1. The van der Waals surface area contributed by atoms with E-state index in [1.165, 1.54) is 0 Å². The second kappa shape index (κ2) is 2.91. The third-order valence-corrected chi connectivity index (χ3v) is 2.87. The summed E-state index contributed by atoms with van der Waals surface area (Å²) in [5.41, 5.74) is 6.74. The van der Waals surface area contributed by atoms with Crippen LogP contribution in [0.1, 0.15) is 17.9 Å². The summed E-state index contributed by atoms with van der Waals surface area (Å²) >= 11 is 12.0. The van der Waals surface area contributed by atoms with Crippen LogP contribution in [0.2, 0.25) is 10.0 Å². The zero-order chi connectivity index (χ0) is 8.72. The minimum absolute atomic E-state index is 0.252. The van der Waals surface area contributed by atoms with Crippen LogP contribution < -0.4 is 5.73 Å². The second-order valence-corrected chi connectivity index (χ2v) is 3.96. The molecule has 0 amide bonds. The molecule has 64 valence electrons. The van der Waals surface area contributed by atoms with Gasteiger partial charge in [0.25, 0.3) is 0 Å². The summed E-state index contributed by atoms with van der Waals surface area (Å²) in [6.45, 7) is 0. The van der Waals surface area contributed by atoms with Crippen molar-refractivity contribution in [2.75, 3.05) is 0 Å². The lowest BCUT2D eigenvalue weighted by molar-refractivity contribution is 0.991. The number of nitrogens with two attached hydrogens (primary N) is 1. The van der Waals surface area contributed by atoms with Crippen LogP contribution in [0.3, 0.4) is 0 Å². The highest BCUT2D eigenvalue weighted by molar-refractivity contribution is 6.36. The number of hydrogen-bond acceptors (Lipinski definition) is 1. The molecule has 1 nitrogen and oxygen atoms in total. The van der Waals surface area contributed by atoms with Crippen LogP contribution in [-0.4, -0.2) is 6.04 Å². The van der Waals surface area contributed by atoms with Crippen molar-refractivity contribution >= 4 is 23.2 Å². The highest BCUT2D eigenvalue weighted by atomic mass is 35.5. The lowest BCUT2D eigenvalue weighted by Crippen LogP contribution is -2.01. The molecule has 12 heavy (non-hydrogen) atoms. The summed E-state index contributed by atoms with van der Waals surface area (Å²) in [6.07, 6.45) is 1.00. The van der Waals surface area contributed by atoms with E-state index in [2.05, 4.69) is 0 Å². The van der Waals surface area contributed by atoms with E-state index in [0.29, 0.717) is 5.92 Å². The van der Waals surface area contributed by atoms with Gasteiger partial charge in [-0.2, -0.15) is 0 Å². The van der Waals surface area contributed by atoms with Crippen LogP contribution >= 0.6 is 23.2 Å². The van der Waals surface area contributed by atoms with Gasteiger partial charge in [-0.25, -0.2) is 0 Å². The fraction of sp³-hybridized carbons (Fsp3) is 0.333. The minimum Gasteiger partial charge on any atom is -0.327 e. The predicted molar refractivity (Wildman–Crippen MR) is 51.8 cm³/mol. The van der Waals surface area contributed by atoms with E-state index < -0.39 is 0 Å².